The number of likely N-dealkylation sites (tertiary alicyclic amines) is 1. The predicted octanol–water partition coefficient (Wildman–Crippen LogP) is 1.82. The van der Waals surface area contributed by atoms with E-state index < -0.39 is 0 Å². The van der Waals surface area contributed by atoms with Crippen molar-refractivity contribution in [1.82, 2.24) is 4.90 Å². The fourth-order valence-corrected chi connectivity index (χ4v) is 3.98. The van der Waals surface area contributed by atoms with E-state index in [0.717, 1.165) is 32.4 Å². The molecule has 100 valence electrons. The quantitative estimate of drug-likeness (QED) is 0.775. The van der Waals surface area contributed by atoms with Crippen LogP contribution in [0, 0.1) is 23.7 Å². The minimum absolute atomic E-state index is 0.254. The van der Waals surface area contributed by atoms with Crippen molar-refractivity contribution in [2.24, 2.45) is 23.7 Å². The number of rotatable bonds is 3. The van der Waals surface area contributed by atoms with Gasteiger partial charge < -0.3 is 10.0 Å². The van der Waals surface area contributed by atoms with Crippen LogP contribution in [-0.2, 0) is 4.79 Å². The molecule has 1 saturated carbocycles. The van der Waals surface area contributed by atoms with Crippen LogP contribution in [-0.4, -0.2) is 35.6 Å². The summed E-state index contributed by atoms with van der Waals surface area (Å²) in [6.07, 6.45) is 9.94. The maximum atomic E-state index is 12.6. The first-order chi connectivity index (χ1) is 8.78. The highest BCUT2D eigenvalue weighted by Crippen LogP contribution is 2.44. The van der Waals surface area contributed by atoms with Crippen molar-refractivity contribution in [1.29, 1.82) is 0 Å². The molecule has 3 aliphatic rings. The van der Waals surface area contributed by atoms with Gasteiger partial charge in [-0.1, -0.05) is 12.2 Å². The minimum Gasteiger partial charge on any atom is -0.396 e. The van der Waals surface area contributed by atoms with Gasteiger partial charge in [0, 0.05) is 25.6 Å². The monoisotopic (exact) mass is 249 g/mol. The Bertz CT molecular complexity index is 350. The minimum atomic E-state index is 0.254. The Morgan fingerprint density at radius 2 is 2.22 bits per heavy atom. The molecule has 0 spiro atoms. The lowest BCUT2D eigenvalue weighted by Crippen LogP contribution is -2.44. The van der Waals surface area contributed by atoms with Crippen LogP contribution in [0.25, 0.3) is 0 Å². The molecule has 1 amide bonds. The highest BCUT2D eigenvalue weighted by Gasteiger charge is 2.42. The summed E-state index contributed by atoms with van der Waals surface area (Å²) in [5.74, 6) is 2.34. The SMILES string of the molecule is O=C(C1CC2C=CC1C2)N1CCCC(CCO)C1. The Labute approximate surface area is 109 Å². The average molecular weight is 249 g/mol. The average Bonchev–Trinajstić information content (AvgIpc) is 3.01. The number of aliphatic hydroxyl groups is 1. The third-order valence-electron chi connectivity index (χ3n) is 4.96. The Morgan fingerprint density at radius 3 is 2.89 bits per heavy atom. The topological polar surface area (TPSA) is 40.5 Å². The fraction of sp³-hybridized carbons (Fsp3) is 0.800. The summed E-state index contributed by atoms with van der Waals surface area (Å²) in [6, 6.07) is 0. The van der Waals surface area contributed by atoms with E-state index in [0.29, 0.717) is 23.7 Å². The molecule has 3 nitrogen and oxygen atoms in total. The summed E-state index contributed by atoms with van der Waals surface area (Å²) in [4.78, 5) is 14.6. The fourth-order valence-electron chi connectivity index (χ4n) is 3.98. The second-order valence-corrected chi connectivity index (χ2v) is 6.19. The van der Waals surface area contributed by atoms with Crippen LogP contribution >= 0.6 is 0 Å². The molecule has 1 saturated heterocycles. The van der Waals surface area contributed by atoms with Crippen LogP contribution in [0.1, 0.15) is 32.1 Å². The molecule has 2 aliphatic carbocycles. The molecule has 2 bridgehead atoms. The Morgan fingerprint density at radius 1 is 1.33 bits per heavy atom. The standard InChI is InChI=1S/C15H23NO2/c17-7-5-11-2-1-6-16(10-11)15(18)14-9-12-3-4-13(14)8-12/h3-4,11-14,17H,1-2,5-10H2. The van der Waals surface area contributed by atoms with Gasteiger partial charge in [-0.25, -0.2) is 0 Å². The smallest absolute Gasteiger partial charge is 0.226 e. The predicted molar refractivity (Wildman–Crippen MR) is 69.9 cm³/mol. The Hall–Kier alpha value is -0.830. The number of hydrogen-bond acceptors (Lipinski definition) is 2. The number of nitrogens with zero attached hydrogens (tertiary/aromatic N) is 1. The maximum Gasteiger partial charge on any atom is 0.226 e. The first kappa shape index (κ1) is 12.2. The lowest BCUT2D eigenvalue weighted by molar-refractivity contribution is -0.138. The molecule has 0 aromatic heterocycles. The van der Waals surface area contributed by atoms with Gasteiger partial charge in [0.2, 0.25) is 5.91 Å². The van der Waals surface area contributed by atoms with E-state index in [1.165, 1.54) is 12.8 Å². The van der Waals surface area contributed by atoms with Gasteiger partial charge in [-0.3, -0.25) is 4.79 Å². The molecular weight excluding hydrogens is 226 g/mol. The second kappa shape index (κ2) is 5.04. The molecule has 1 heterocycles. The summed E-state index contributed by atoms with van der Waals surface area (Å²) in [6.45, 7) is 2.05. The van der Waals surface area contributed by atoms with E-state index in [-0.39, 0.29) is 12.5 Å². The summed E-state index contributed by atoms with van der Waals surface area (Å²) in [5, 5.41) is 9.03. The van der Waals surface area contributed by atoms with Gasteiger partial charge in [0.05, 0.1) is 0 Å². The van der Waals surface area contributed by atoms with Gasteiger partial charge in [0.25, 0.3) is 0 Å². The van der Waals surface area contributed by atoms with Crippen LogP contribution in [0.3, 0.4) is 0 Å². The third-order valence-corrected chi connectivity index (χ3v) is 4.96. The first-order valence-corrected chi connectivity index (χ1v) is 7.36. The van der Waals surface area contributed by atoms with E-state index in [1.54, 1.807) is 0 Å². The van der Waals surface area contributed by atoms with E-state index >= 15 is 0 Å². The van der Waals surface area contributed by atoms with Crippen LogP contribution in [0.15, 0.2) is 12.2 Å². The molecule has 1 N–H and O–H groups in total. The zero-order valence-corrected chi connectivity index (χ0v) is 10.9. The van der Waals surface area contributed by atoms with E-state index in [1.807, 2.05) is 0 Å². The maximum absolute atomic E-state index is 12.6. The number of piperidine rings is 1. The van der Waals surface area contributed by atoms with Crippen LogP contribution in [0.2, 0.25) is 0 Å². The lowest BCUT2D eigenvalue weighted by atomic mass is 9.89. The number of aliphatic hydroxyl groups excluding tert-OH is 1. The van der Waals surface area contributed by atoms with Gasteiger partial charge >= 0.3 is 0 Å². The molecule has 2 fully saturated rings. The number of carbonyl (C=O) groups is 1. The molecule has 1 aliphatic heterocycles. The van der Waals surface area contributed by atoms with Crippen molar-refractivity contribution in [2.45, 2.75) is 32.1 Å². The van der Waals surface area contributed by atoms with E-state index in [9.17, 15) is 4.79 Å². The number of carbonyl (C=O) groups excluding carboxylic acids is 1. The summed E-state index contributed by atoms with van der Waals surface area (Å²) in [5.41, 5.74) is 0. The third kappa shape index (κ3) is 2.20. The molecular formula is C15H23NO2. The molecule has 0 aromatic carbocycles. The van der Waals surface area contributed by atoms with Gasteiger partial charge in [0.1, 0.15) is 0 Å². The van der Waals surface area contributed by atoms with Gasteiger partial charge in [-0.05, 0) is 49.9 Å². The second-order valence-electron chi connectivity index (χ2n) is 6.19. The lowest BCUT2D eigenvalue weighted by Gasteiger charge is -2.35. The molecule has 18 heavy (non-hydrogen) atoms. The zero-order chi connectivity index (χ0) is 12.5. The normalized spacial score (nSPS) is 38.4. The highest BCUT2D eigenvalue weighted by atomic mass is 16.3. The molecule has 3 rings (SSSR count). The number of allylic oxidation sites excluding steroid dienone is 2. The number of hydrogen-bond donors (Lipinski definition) is 1. The van der Waals surface area contributed by atoms with Crippen LogP contribution in [0.4, 0.5) is 0 Å². The Kier molecular flexibility index (Phi) is 3.42. The van der Waals surface area contributed by atoms with E-state index in [2.05, 4.69) is 17.1 Å². The van der Waals surface area contributed by atoms with E-state index in [4.69, 9.17) is 5.11 Å². The molecule has 0 aromatic rings. The van der Waals surface area contributed by atoms with Gasteiger partial charge in [-0.15, -0.1) is 0 Å². The van der Waals surface area contributed by atoms with Crippen molar-refractivity contribution in [3.8, 4) is 0 Å². The van der Waals surface area contributed by atoms with Crippen molar-refractivity contribution in [2.75, 3.05) is 19.7 Å². The van der Waals surface area contributed by atoms with Gasteiger partial charge in [-0.2, -0.15) is 0 Å². The summed E-state index contributed by atoms with van der Waals surface area (Å²) >= 11 is 0. The first-order valence-electron chi connectivity index (χ1n) is 7.36. The largest absolute Gasteiger partial charge is 0.396 e. The molecule has 4 unspecified atom stereocenters. The molecule has 4 atom stereocenters. The van der Waals surface area contributed by atoms with Crippen LogP contribution in [0.5, 0.6) is 0 Å². The van der Waals surface area contributed by atoms with Crippen LogP contribution < -0.4 is 0 Å². The molecule has 0 radical (unpaired) electrons. The summed E-state index contributed by atoms with van der Waals surface area (Å²) in [7, 11) is 0. The highest BCUT2D eigenvalue weighted by molar-refractivity contribution is 5.80. The number of fused-ring (bicyclic) bond motifs is 2. The number of amides is 1. The van der Waals surface area contributed by atoms with Gasteiger partial charge in [0.15, 0.2) is 0 Å². The van der Waals surface area contributed by atoms with Crippen molar-refractivity contribution < 1.29 is 9.90 Å². The Balaban J connectivity index is 1.60. The molecule has 3 heteroatoms. The summed E-state index contributed by atoms with van der Waals surface area (Å²) < 4.78 is 0. The zero-order valence-electron chi connectivity index (χ0n) is 10.9. The van der Waals surface area contributed by atoms with Crippen molar-refractivity contribution in [3.63, 3.8) is 0 Å². The van der Waals surface area contributed by atoms with Crippen molar-refractivity contribution >= 4 is 5.91 Å². The van der Waals surface area contributed by atoms with Crippen molar-refractivity contribution in [3.05, 3.63) is 12.2 Å².